The van der Waals surface area contributed by atoms with Crippen LogP contribution in [0.3, 0.4) is 0 Å². The second kappa shape index (κ2) is 10.6. The summed E-state index contributed by atoms with van der Waals surface area (Å²) in [5, 5.41) is 10.7. The summed E-state index contributed by atoms with van der Waals surface area (Å²) < 4.78 is 32.1. The molecule has 0 saturated carbocycles. The molecule has 10 heteroatoms. The van der Waals surface area contributed by atoms with Gasteiger partial charge >= 0.3 is 17.9 Å². The number of methoxy groups -OCH3 is 1. The van der Waals surface area contributed by atoms with Crippen LogP contribution in [0.25, 0.3) is 0 Å². The molecule has 10 nitrogen and oxygen atoms in total. The monoisotopic (exact) mass is 466 g/mol. The van der Waals surface area contributed by atoms with E-state index >= 15 is 0 Å². The topological polar surface area (TPSA) is 127 Å². The second-order valence-corrected chi connectivity index (χ2v) is 7.76. The summed E-state index contributed by atoms with van der Waals surface area (Å²) in [4.78, 5) is 36.5. The fraction of sp³-hybridized carbons (Fsp3) is 0.522. The fourth-order valence-corrected chi connectivity index (χ4v) is 2.93. The van der Waals surface area contributed by atoms with E-state index in [2.05, 4.69) is 0 Å². The van der Waals surface area contributed by atoms with Gasteiger partial charge in [-0.05, 0) is 46.8 Å². The molecular weight excluding hydrogens is 436 g/mol. The molecule has 1 aromatic carbocycles. The van der Waals surface area contributed by atoms with Crippen molar-refractivity contribution >= 4 is 17.9 Å². The molecule has 0 spiro atoms. The molecule has 0 aromatic heterocycles. The summed E-state index contributed by atoms with van der Waals surface area (Å²) >= 11 is 0. The second-order valence-electron chi connectivity index (χ2n) is 7.76. The standard InChI is InChI=1S/C23H30O10/c1-8-12(2)21(25)32-14(4)23(6,27)22(26)31-13(3)19(33-15(5)24)16-9-17(28-7)20-18(10-16)29-11-30-20/h8-10,13-14,19,27H,11H2,1-7H3/b12-8-/t13-,14+,19-,23-/m1/s1. The smallest absolute Gasteiger partial charge is 0.342 e. The molecule has 182 valence electrons. The molecule has 0 radical (unpaired) electrons. The Bertz CT molecular complexity index is 933. The summed E-state index contributed by atoms with van der Waals surface area (Å²) in [7, 11) is 1.45. The normalized spacial score (nSPS) is 17.3. The average Bonchev–Trinajstić information content (AvgIpc) is 3.24. The quantitative estimate of drug-likeness (QED) is 0.330. The predicted molar refractivity (Wildman–Crippen MR) is 115 cm³/mol. The highest BCUT2D eigenvalue weighted by Gasteiger charge is 2.43. The Morgan fingerprint density at radius 1 is 1.12 bits per heavy atom. The number of hydrogen-bond donors (Lipinski definition) is 1. The van der Waals surface area contributed by atoms with Crippen LogP contribution < -0.4 is 14.2 Å². The van der Waals surface area contributed by atoms with Crippen LogP contribution in [-0.2, 0) is 28.6 Å². The Morgan fingerprint density at radius 2 is 1.79 bits per heavy atom. The lowest BCUT2D eigenvalue weighted by Crippen LogP contribution is -2.49. The van der Waals surface area contributed by atoms with Crippen LogP contribution in [0.1, 0.15) is 53.2 Å². The molecule has 1 aliphatic heterocycles. The highest BCUT2D eigenvalue weighted by atomic mass is 16.7. The number of carbonyl (C=O) groups excluding carboxylic acids is 3. The van der Waals surface area contributed by atoms with Gasteiger partial charge in [0.05, 0.1) is 7.11 Å². The lowest BCUT2D eigenvalue weighted by molar-refractivity contribution is -0.192. The van der Waals surface area contributed by atoms with Crippen LogP contribution in [0, 0.1) is 0 Å². The van der Waals surface area contributed by atoms with E-state index in [9.17, 15) is 19.5 Å². The summed E-state index contributed by atoms with van der Waals surface area (Å²) in [5.41, 5.74) is -1.41. The Kier molecular flexibility index (Phi) is 8.32. The number of aliphatic hydroxyl groups is 1. The number of fused-ring (bicyclic) bond motifs is 1. The largest absolute Gasteiger partial charge is 0.493 e. The molecule has 0 fully saturated rings. The summed E-state index contributed by atoms with van der Waals surface area (Å²) in [6, 6.07) is 3.17. The van der Waals surface area contributed by atoms with Gasteiger partial charge in [-0.1, -0.05) is 6.08 Å². The maximum atomic E-state index is 12.8. The molecule has 1 N–H and O–H groups in total. The minimum Gasteiger partial charge on any atom is -0.493 e. The van der Waals surface area contributed by atoms with Gasteiger partial charge in [0.1, 0.15) is 12.2 Å². The summed E-state index contributed by atoms with van der Waals surface area (Å²) in [5.74, 6) is -1.21. The molecule has 0 aliphatic carbocycles. The summed E-state index contributed by atoms with van der Waals surface area (Å²) in [6.07, 6.45) is -1.74. The van der Waals surface area contributed by atoms with Crippen LogP contribution in [0.4, 0.5) is 0 Å². The molecule has 0 saturated heterocycles. The van der Waals surface area contributed by atoms with Gasteiger partial charge in [0.25, 0.3) is 0 Å². The van der Waals surface area contributed by atoms with Crippen LogP contribution in [-0.4, -0.2) is 54.7 Å². The molecule has 0 bridgehead atoms. The number of esters is 3. The molecule has 4 atom stereocenters. The molecule has 0 amide bonds. The van der Waals surface area contributed by atoms with E-state index in [1.807, 2.05) is 0 Å². The van der Waals surface area contributed by atoms with Crippen LogP contribution in [0.5, 0.6) is 17.2 Å². The summed E-state index contributed by atoms with van der Waals surface area (Å²) in [6.45, 7) is 8.48. The van der Waals surface area contributed by atoms with Crippen LogP contribution >= 0.6 is 0 Å². The van der Waals surface area contributed by atoms with Gasteiger partial charge in [0.2, 0.25) is 12.5 Å². The Morgan fingerprint density at radius 3 is 2.36 bits per heavy atom. The fourth-order valence-electron chi connectivity index (χ4n) is 2.93. The number of benzene rings is 1. The molecular formula is C23H30O10. The number of hydrogen-bond acceptors (Lipinski definition) is 10. The third-order valence-electron chi connectivity index (χ3n) is 5.27. The van der Waals surface area contributed by atoms with E-state index in [0.29, 0.717) is 28.4 Å². The van der Waals surface area contributed by atoms with Gasteiger partial charge in [-0.2, -0.15) is 0 Å². The van der Waals surface area contributed by atoms with Crippen molar-refractivity contribution in [3.8, 4) is 17.2 Å². The van der Waals surface area contributed by atoms with E-state index in [1.54, 1.807) is 32.1 Å². The van der Waals surface area contributed by atoms with Crippen molar-refractivity contribution in [1.29, 1.82) is 0 Å². The minimum atomic E-state index is -2.16. The first-order chi connectivity index (χ1) is 15.4. The van der Waals surface area contributed by atoms with Crippen molar-refractivity contribution in [2.24, 2.45) is 0 Å². The maximum Gasteiger partial charge on any atom is 0.342 e. The number of carbonyl (C=O) groups is 3. The lowest BCUT2D eigenvalue weighted by Gasteiger charge is -2.31. The van der Waals surface area contributed by atoms with Gasteiger partial charge in [0, 0.05) is 18.1 Å². The molecule has 33 heavy (non-hydrogen) atoms. The van der Waals surface area contributed by atoms with Crippen molar-refractivity contribution in [3.05, 3.63) is 29.3 Å². The highest BCUT2D eigenvalue weighted by Crippen LogP contribution is 2.44. The maximum absolute atomic E-state index is 12.8. The van der Waals surface area contributed by atoms with E-state index in [4.69, 9.17) is 28.4 Å². The van der Waals surface area contributed by atoms with E-state index < -0.39 is 41.8 Å². The Balaban J connectivity index is 2.25. The average molecular weight is 466 g/mol. The molecule has 1 aliphatic rings. The van der Waals surface area contributed by atoms with Gasteiger partial charge in [-0.3, -0.25) is 4.79 Å². The molecule has 1 aromatic rings. The Labute approximate surface area is 192 Å². The molecule has 0 unspecified atom stereocenters. The van der Waals surface area contributed by atoms with Gasteiger partial charge in [-0.15, -0.1) is 0 Å². The van der Waals surface area contributed by atoms with Gasteiger partial charge < -0.3 is 33.5 Å². The number of allylic oxidation sites excluding steroid dienone is 1. The number of rotatable bonds is 9. The molecule has 2 rings (SSSR count). The van der Waals surface area contributed by atoms with Crippen molar-refractivity contribution in [2.75, 3.05) is 13.9 Å². The van der Waals surface area contributed by atoms with Crippen molar-refractivity contribution < 1.29 is 47.9 Å². The van der Waals surface area contributed by atoms with E-state index in [0.717, 1.165) is 0 Å². The van der Waals surface area contributed by atoms with E-state index in [-0.39, 0.29) is 6.79 Å². The van der Waals surface area contributed by atoms with E-state index in [1.165, 1.54) is 34.8 Å². The third-order valence-corrected chi connectivity index (χ3v) is 5.27. The molecule has 1 heterocycles. The van der Waals surface area contributed by atoms with Crippen molar-refractivity contribution in [2.45, 2.75) is 65.5 Å². The van der Waals surface area contributed by atoms with Crippen LogP contribution in [0.15, 0.2) is 23.8 Å². The van der Waals surface area contributed by atoms with Crippen molar-refractivity contribution in [3.63, 3.8) is 0 Å². The zero-order valence-corrected chi connectivity index (χ0v) is 19.8. The lowest BCUT2D eigenvalue weighted by atomic mass is 9.99. The van der Waals surface area contributed by atoms with Gasteiger partial charge in [-0.25, -0.2) is 9.59 Å². The minimum absolute atomic E-state index is 0.00406. The van der Waals surface area contributed by atoms with Crippen LogP contribution in [0.2, 0.25) is 0 Å². The highest BCUT2D eigenvalue weighted by molar-refractivity contribution is 5.88. The zero-order chi connectivity index (χ0) is 24.9. The third kappa shape index (κ3) is 5.95. The first-order valence-corrected chi connectivity index (χ1v) is 10.3. The first kappa shape index (κ1) is 26.0. The van der Waals surface area contributed by atoms with Crippen molar-refractivity contribution in [1.82, 2.24) is 0 Å². The number of ether oxygens (including phenoxy) is 6. The van der Waals surface area contributed by atoms with Gasteiger partial charge in [0.15, 0.2) is 23.2 Å². The predicted octanol–water partition coefficient (Wildman–Crippen LogP) is 2.61. The zero-order valence-electron chi connectivity index (χ0n) is 19.8. The first-order valence-electron chi connectivity index (χ1n) is 10.3. The SMILES string of the molecule is C/C=C(/C)C(=O)O[C@@H](C)[C@@](C)(O)C(=O)O[C@H](C)[C@@H](OC(C)=O)c1cc(OC)c2c(c1)OCO2. The Hall–Kier alpha value is -3.27.